The van der Waals surface area contributed by atoms with Gasteiger partial charge in [-0.2, -0.15) is 0 Å². The fourth-order valence-corrected chi connectivity index (χ4v) is 5.51. The van der Waals surface area contributed by atoms with E-state index in [0.717, 1.165) is 34.7 Å². The monoisotopic (exact) mass is 455 g/mol. The van der Waals surface area contributed by atoms with E-state index in [1.54, 1.807) is 0 Å². The molecule has 34 heavy (non-hydrogen) atoms. The summed E-state index contributed by atoms with van der Waals surface area (Å²) in [6.07, 6.45) is 2.62. The zero-order valence-electron chi connectivity index (χ0n) is 20.2. The fraction of sp³-hybridized carbons (Fsp3) is 0.400. The molecule has 0 aromatic heterocycles. The molecular formula is C30H33NO3. The number of carbonyl (C=O) groups is 1. The average molecular weight is 456 g/mol. The Hall–Kier alpha value is -3.14. The second-order valence-electron chi connectivity index (χ2n) is 10.2. The number of hydrogen-bond acceptors (Lipinski definition) is 4. The van der Waals surface area contributed by atoms with Crippen molar-refractivity contribution in [3.63, 3.8) is 0 Å². The highest BCUT2D eigenvalue weighted by atomic mass is 16.6. The zero-order valence-corrected chi connectivity index (χ0v) is 20.2. The first-order valence-corrected chi connectivity index (χ1v) is 12.5. The molecule has 0 spiro atoms. The molecule has 1 aliphatic carbocycles. The van der Waals surface area contributed by atoms with Crippen LogP contribution in [0.4, 0.5) is 0 Å². The van der Waals surface area contributed by atoms with Gasteiger partial charge in [0.25, 0.3) is 0 Å². The van der Waals surface area contributed by atoms with Crippen LogP contribution in [0.25, 0.3) is 10.8 Å². The lowest BCUT2D eigenvalue weighted by Gasteiger charge is -2.37. The van der Waals surface area contributed by atoms with E-state index in [0.29, 0.717) is 23.7 Å². The second kappa shape index (κ2) is 9.61. The predicted octanol–water partition coefficient (Wildman–Crippen LogP) is 6.73. The summed E-state index contributed by atoms with van der Waals surface area (Å²) in [7, 11) is 0. The Bertz CT molecular complexity index is 1180. The molecule has 3 aromatic carbocycles. The predicted molar refractivity (Wildman–Crippen MR) is 136 cm³/mol. The molecule has 5 rings (SSSR count). The molecule has 176 valence electrons. The van der Waals surface area contributed by atoms with Crippen LogP contribution in [-0.4, -0.2) is 24.0 Å². The normalized spacial score (nSPS) is 26.8. The summed E-state index contributed by atoms with van der Waals surface area (Å²) in [5.41, 5.74) is 1.83. The standard InChI is InChI=1S/C30H33NO3/c1-19(2)23-17-16-20(3)18-26(23)33-30(32)27-28(34-29(31-27)22-11-5-4-6-12-22)25-15-9-13-21-10-7-8-14-24(21)25/h4-15,19-20,23,26-28H,16-18H2,1-3H3/t20-,23+,26-,27-,28+/m1/s1. The summed E-state index contributed by atoms with van der Waals surface area (Å²) in [4.78, 5) is 18.5. The highest BCUT2D eigenvalue weighted by molar-refractivity contribution is 5.99. The maximum absolute atomic E-state index is 13.7. The first-order valence-electron chi connectivity index (χ1n) is 12.5. The molecule has 1 fully saturated rings. The second-order valence-corrected chi connectivity index (χ2v) is 10.2. The van der Waals surface area contributed by atoms with Crippen molar-refractivity contribution in [2.75, 3.05) is 0 Å². The van der Waals surface area contributed by atoms with Gasteiger partial charge >= 0.3 is 5.97 Å². The Morgan fingerprint density at radius 1 is 0.971 bits per heavy atom. The highest BCUT2D eigenvalue weighted by Crippen LogP contribution is 2.39. The number of esters is 1. The van der Waals surface area contributed by atoms with Gasteiger partial charge in [0.2, 0.25) is 5.90 Å². The average Bonchev–Trinajstić information content (AvgIpc) is 3.30. The van der Waals surface area contributed by atoms with Gasteiger partial charge < -0.3 is 9.47 Å². The number of carbonyl (C=O) groups excluding carboxylic acids is 1. The van der Waals surface area contributed by atoms with Gasteiger partial charge in [-0.1, -0.05) is 87.9 Å². The van der Waals surface area contributed by atoms with E-state index in [4.69, 9.17) is 14.5 Å². The van der Waals surface area contributed by atoms with Crippen molar-refractivity contribution in [3.05, 3.63) is 83.9 Å². The van der Waals surface area contributed by atoms with E-state index in [9.17, 15) is 4.79 Å². The Kier molecular flexibility index (Phi) is 6.40. The number of aliphatic imine (C=N–C) groups is 1. The highest BCUT2D eigenvalue weighted by Gasteiger charge is 2.42. The minimum absolute atomic E-state index is 0.0691. The third kappa shape index (κ3) is 4.46. The Morgan fingerprint density at radius 2 is 1.71 bits per heavy atom. The molecule has 1 aliphatic heterocycles. The summed E-state index contributed by atoms with van der Waals surface area (Å²) in [6.45, 7) is 6.70. The van der Waals surface area contributed by atoms with Crippen LogP contribution in [0.2, 0.25) is 0 Å². The minimum Gasteiger partial charge on any atom is -0.466 e. The molecule has 2 aliphatic rings. The molecule has 0 saturated heterocycles. The van der Waals surface area contributed by atoms with Gasteiger partial charge in [0, 0.05) is 11.1 Å². The van der Waals surface area contributed by atoms with Crippen LogP contribution in [0.15, 0.2) is 77.8 Å². The van der Waals surface area contributed by atoms with E-state index in [1.165, 1.54) is 6.42 Å². The lowest BCUT2D eigenvalue weighted by molar-refractivity contribution is -0.159. The van der Waals surface area contributed by atoms with E-state index in [2.05, 4.69) is 39.0 Å². The zero-order chi connectivity index (χ0) is 23.7. The van der Waals surface area contributed by atoms with Crippen molar-refractivity contribution in [2.24, 2.45) is 22.7 Å². The number of benzene rings is 3. The van der Waals surface area contributed by atoms with Crippen molar-refractivity contribution >= 4 is 22.6 Å². The number of ether oxygens (including phenoxy) is 2. The van der Waals surface area contributed by atoms with E-state index in [1.807, 2.05) is 54.6 Å². The molecule has 1 heterocycles. The third-order valence-electron chi connectivity index (χ3n) is 7.40. The van der Waals surface area contributed by atoms with Crippen LogP contribution in [0, 0.1) is 17.8 Å². The quantitative estimate of drug-likeness (QED) is 0.401. The molecule has 4 nitrogen and oxygen atoms in total. The number of rotatable bonds is 5. The van der Waals surface area contributed by atoms with Crippen LogP contribution in [0.3, 0.4) is 0 Å². The van der Waals surface area contributed by atoms with Crippen LogP contribution in [0.1, 0.15) is 57.3 Å². The number of nitrogens with zero attached hydrogens (tertiary/aromatic N) is 1. The smallest absolute Gasteiger partial charge is 0.335 e. The van der Waals surface area contributed by atoms with Crippen molar-refractivity contribution < 1.29 is 14.3 Å². The van der Waals surface area contributed by atoms with Gasteiger partial charge in [0.15, 0.2) is 12.1 Å². The van der Waals surface area contributed by atoms with Gasteiger partial charge in [0.05, 0.1) is 0 Å². The topological polar surface area (TPSA) is 47.9 Å². The van der Waals surface area contributed by atoms with Crippen molar-refractivity contribution in [2.45, 2.75) is 58.3 Å². The first-order chi connectivity index (χ1) is 16.5. The molecule has 0 bridgehead atoms. The van der Waals surface area contributed by atoms with Crippen molar-refractivity contribution in [1.82, 2.24) is 0 Å². The van der Waals surface area contributed by atoms with Gasteiger partial charge in [-0.05, 0) is 53.5 Å². The van der Waals surface area contributed by atoms with Gasteiger partial charge in [0.1, 0.15) is 6.10 Å². The molecular weight excluding hydrogens is 422 g/mol. The summed E-state index contributed by atoms with van der Waals surface area (Å²) in [6, 6.07) is 23.4. The molecule has 3 aromatic rings. The molecule has 1 saturated carbocycles. The summed E-state index contributed by atoms with van der Waals surface area (Å²) < 4.78 is 12.7. The lowest BCUT2D eigenvalue weighted by Crippen LogP contribution is -2.39. The minimum atomic E-state index is -0.731. The number of hydrogen-bond donors (Lipinski definition) is 0. The third-order valence-corrected chi connectivity index (χ3v) is 7.40. The molecule has 0 N–H and O–H groups in total. The summed E-state index contributed by atoms with van der Waals surface area (Å²) >= 11 is 0. The van der Waals surface area contributed by atoms with Crippen LogP contribution in [0.5, 0.6) is 0 Å². The molecule has 0 radical (unpaired) electrons. The van der Waals surface area contributed by atoms with E-state index < -0.39 is 12.1 Å². The van der Waals surface area contributed by atoms with Crippen LogP contribution < -0.4 is 0 Å². The Labute approximate surface area is 202 Å². The molecule has 0 unspecified atom stereocenters. The summed E-state index contributed by atoms with van der Waals surface area (Å²) in [5, 5.41) is 2.19. The Balaban J connectivity index is 1.49. The fourth-order valence-electron chi connectivity index (χ4n) is 5.51. The van der Waals surface area contributed by atoms with Gasteiger partial charge in [-0.15, -0.1) is 0 Å². The van der Waals surface area contributed by atoms with E-state index >= 15 is 0 Å². The number of fused-ring (bicyclic) bond motifs is 1. The first kappa shape index (κ1) is 22.6. The van der Waals surface area contributed by atoms with Crippen molar-refractivity contribution in [1.29, 1.82) is 0 Å². The van der Waals surface area contributed by atoms with Crippen LogP contribution in [-0.2, 0) is 14.3 Å². The maximum Gasteiger partial charge on any atom is 0.335 e. The van der Waals surface area contributed by atoms with E-state index in [-0.39, 0.29) is 12.1 Å². The summed E-state index contributed by atoms with van der Waals surface area (Å²) in [5.74, 6) is 1.63. The molecule has 5 atom stereocenters. The van der Waals surface area contributed by atoms with Gasteiger partial charge in [-0.25, -0.2) is 9.79 Å². The van der Waals surface area contributed by atoms with Gasteiger partial charge in [-0.3, -0.25) is 0 Å². The maximum atomic E-state index is 13.7. The SMILES string of the molecule is CC(C)[C@@H]1CC[C@@H](C)C[C@H]1OC(=O)[C@@H]1N=C(c2ccccc2)O[C@H]1c1cccc2ccccc12. The van der Waals surface area contributed by atoms with Crippen LogP contribution >= 0.6 is 0 Å². The lowest BCUT2D eigenvalue weighted by atomic mass is 9.75. The molecule has 4 heteroatoms. The largest absolute Gasteiger partial charge is 0.466 e. The van der Waals surface area contributed by atoms with Crippen molar-refractivity contribution in [3.8, 4) is 0 Å². The molecule has 0 amide bonds. The Morgan fingerprint density at radius 3 is 2.50 bits per heavy atom.